The van der Waals surface area contributed by atoms with Crippen molar-refractivity contribution in [2.24, 2.45) is 0 Å². The number of benzene rings is 2. The Balaban J connectivity index is 1.89. The standard InChI is InChI=1S/C19H18Cl2N2O2/c1-11(13-8-7-12(20)9-16(13)21)23(2)19(25)15-10-18(24)22-17-6-4-3-5-14(15)17/h3-9,11,15H,10H2,1-2H3,(H,22,24). The quantitative estimate of drug-likeness (QED) is 0.847. The molecule has 2 atom stereocenters. The third-order valence-electron chi connectivity index (χ3n) is 4.64. The fourth-order valence-corrected chi connectivity index (χ4v) is 3.68. The lowest BCUT2D eigenvalue weighted by Crippen LogP contribution is -2.37. The number of hydrogen-bond acceptors (Lipinski definition) is 2. The molecule has 0 aliphatic carbocycles. The molecule has 130 valence electrons. The van der Waals surface area contributed by atoms with E-state index in [1.807, 2.05) is 37.3 Å². The smallest absolute Gasteiger partial charge is 0.230 e. The first kappa shape index (κ1) is 17.8. The van der Waals surface area contributed by atoms with Crippen LogP contribution in [0.25, 0.3) is 0 Å². The van der Waals surface area contributed by atoms with E-state index in [-0.39, 0.29) is 24.3 Å². The number of para-hydroxylation sites is 1. The molecule has 4 nitrogen and oxygen atoms in total. The molecular weight excluding hydrogens is 359 g/mol. The van der Waals surface area contributed by atoms with Gasteiger partial charge in [-0.05, 0) is 36.2 Å². The predicted molar refractivity (Wildman–Crippen MR) is 100 cm³/mol. The molecule has 6 heteroatoms. The molecule has 1 heterocycles. The topological polar surface area (TPSA) is 49.4 Å². The lowest BCUT2D eigenvalue weighted by atomic mass is 9.89. The Hall–Kier alpha value is -2.04. The molecule has 1 aliphatic rings. The molecule has 0 aromatic heterocycles. The third kappa shape index (κ3) is 3.51. The van der Waals surface area contributed by atoms with Crippen molar-refractivity contribution in [1.29, 1.82) is 0 Å². The molecule has 1 aliphatic heterocycles. The van der Waals surface area contributed by atoms with Crippen LogP contribution in [0.3, 0.4) is 0 Å². The van der Waals surface area contributed by atoms with E-state index in [0.29, 0.717) is 15.7 Å². The van der Waals surface area contributed by atoms with E-state index in [2.05, 4.69) is 5.32 Å². The minimum atomic E-state index is -0.497. The number of nitrogens with one attached hydrogen (secondary N) is 1. The van der Waals surface area contributed by atoms with Crippen LogP contribution in [0.2, 0.25) is 10.0 Å². The molecule has 0 saturated carbocycles. The minimum absolute atomic E-state index is 0.110. The van der Waals surface area contributed by atoms with Crippen LogP contribution in [0, 0.1) is 0 Å². The Kier molecular flexibility index (Phi) is 5.02. The Morgan fingerprint density at radius 2 is 1.96 bits per heavy atom. The molecule has 0 fully saturated rings. The molecule has 3 rings (SSSR count). The van der Waals surface area contributed by atoms with Crippen molar-refractivity contribution in [3.8, 4) is 0 Å². The van der Waals surface area contributed by atoms with Gasteiger partial charge in [-0.15, -0.1) is 0 Å². The summed E-state index contributed by atoms with van der Waals surface area (Å²) < 4.78 is 0. The molecule has 1 N–H and O–H groups in total. The fraction of sp³-hybridized carbons (Fsp3) is 0.263. The van der Waals surface area contributed by atoms with Crippen LogP contribution < -0.4 is 5.32 Å². The normalized spacial score (nSPS) is 17.4. The van der Waals surface area contributed by atoms with Gasteiger partial charge in [-0.1, -0.05) is 47.5 Å². The summed E-state index contributed by atoms with van der Waals surface area (Å²) in [7, 11) is 1.73. The zero-order valence-corrected chi connectivity index (χ0v) is 15.4. The number of anilines is 1. The van der Waals surface area contributed by atoms with E-state index < -0.39 is 5.92 Å². The largest absolute Gasteiger partial charge is 0.338 e. The van der Waals surface area contributed by atoms with Gasteiger partial charge in [0.2, 0.25) is 11.8 Å². The Morgan fingerprint density at radius 3 is 2.68 bits per heavy atom. The van der Waals surface area contributed by atoms with E-state index in [9.17, 15) is 9.59 Å². The Morgan fingerprint density at radius 1 is 1.24 bits per heavy atom. The van der Waals surface area contributed by atoms with Gasteiger partial charge in [0.25, 0.3) is 0 Å². The molecule has 2 amide bonds. The lowest BCUT2D eigenvalue weighted by Gasteiger charge is -2.32. The highest BCUT2D eigenvalue weighted by Crippen LogP contribution is 2.36. The monoisotopic (exact) mass is 376 g/mol. The van der Waals surface area contributed by atoms with E-state index >= 15 is 0 Å². The van der Waals surface area contributed by atoms with E-state index in [1.165, 1.54) is 0 Å². The van der Waals surface area contributed by atoms with Crippen molar-refractivity contribution in [3.05, 3.63) is 63.6 Å². The molecule has 2 aromatic carbocycles. The maximum Gasteiger partial charge on any atom is 0.230 e. The van der Waals surface area contributed by atoms with Crippen molar-refractivity contribution in [1.82, 2.24) is 4.90 Å². The zero-order valence-electron chi connectivity index (χ0n) is 13.9. The number of hydrogen-bond donors (Lipinski definition) is 1. The molecular formula is C19H18Cl2N2O2. The average molecular weight is 377 g/mol. The van der Waals surface area contributed by atoms with Gasteiger partial charge in [0.05, 0.1) is 12.0 Å². The SMILES string of the molecule is CC(c1ccc(Cl)cc1Cl)N(C)C(=O)C1CC(=O)Nc2ccccc21. The molecule has 25 heavy (non-hydrogen) atoms. The first-order valence-corrected chi connectivity index (χ1v) is 8.74. The summed E-state index contributed by atoms with van der Waals surface area (Å²) in [4.78, 5) is 26.7. The van der Waals surface area contributed by atoms with Gasteiger partial charge in [0, 0.05) is 29.2 Å². The van der Waals surface area contributed by atoms with Gasteiger partial charge < -0.3 is 10.2 Å². The van der Waals surface area contributed by atoms with Crippen molar-refractivity contribution in [2.75, 3.05) is 12.4 Å². The van der Waals surface area contributed by atoms with Crippen LogP contribution in [0.1, 0.15) is 36.4 Å². The Labute approximate surface area is 156 Å². The van der Waals surface area contributed by atoms with Crippen LogP contribution in [0.4, 0.5) is 5.69 Å². The van der Waals surface area contributed by atoms with Gasteiger partial charge >= 0.3 is 0 Å². The second-order valence-electron chi connectivity index (χ2n) is 6.18. The molecule has 0 bridgehead atoms. The van der Waals surface area contributed by atoms with E-state index in [4.69, 9.17) is 23.2 Å². The number of carbonyl (C=O) groups excluding carboxylic acids is 2. The average Bonchev–Trinajstić information content (AvgIpc) is 2.59. The van der Waals surface area contributed by atoms with E-state index in [0.717, 1.165) is 11.1 Å². The van der Waals surface area contributed by atoms with Gasteiger partial charge in [-0.25, -0.2) is 0 Å². The summed E-state index contributed by atoms with van der Waals surface area (Å²) in [6.07, 6.45) is 0.140. The number of amides is 2. The molecule has 0 spiro atoms. The third-order valence-corrected chi connectivity index (χ3v) is 5.20. The number of fused-ring (bicyclic) bond motifs is 1. The van der Waals surface area contributed by atoms with Crippen molar-refractivity contribution < 1.29 is 9.59 Å². The van der Waals surface area contributed by atoms with Crippen LogP contribution in [-0.4, -0.2) is 23.8 Å². The van der Waals surface area contributed by atoms with Crippen LogP contribution >= 0.6 is 23.2 Å². The van der Waals surface area contributed by atoms with Crippen LogP contribution in [0.15, 0.2) is 42.5 Å². The van der Waals surface area contributed by atoms with Gasteiger partial charge in [0.1, 0.15) is 0 Å². The number of rotatable bonds is 3. The zero-order chi connectivity index (χ0) is 18.1. The van der Waals surface area contributed by atoms with Gasteiger partial charge in [0.15, 0.2) is 0 Å². The summed E-state index contributed by atoms with van der Waals surface area (Å²) in [5.41, 5.74) is 2.35. The van der Waals surface area contributed by atoms with E-state index in [1.54, 1.807) is 24.1 Å². The van der Waals surface area contributed by atoms with Crippen LogP contribution in [0.5, 0.6) is 0 Å². The second-order valence-corrected chi connectivity index (χ2v) is 7.03. The molecule has 0 saturated heterocycles. The van der Waals surface area contributed by atoms with Crippen molar-refractivity contribution in [2.45, 2.75) is 25.3 Å². The van der Waals surface area contributed by atoms with Crippen molar-refractivity contribution >= 4 is 40.7 Å². The lowest BCUT2D eigenvalue weighted by molar-refractivity contribution is -0.135. The first-order valence-electron chi connectivity index (χ1n) is 7.99. The number of nitrogens with zero attached hydrogens (tertiary/aromatic N) is 1. The number of halogens is 2. The summed E-state index contributed by atoms with van der Waals surface area (Å²) in [6.45, 7) is 1.90. The highest BCUT2D eigenvalue weighted by Gasteiger charge is 2.34. The minimum Gasteiger partial charge on any atom is -0.338 e. The summed E-state index contributed by atoms with van der Waals surface area (Å²) in [5, 5.41) is 3.88. The maximum atomic E-state index is 13.1. The van der Waals surface area contributed by atoms with Crippen LogP contribution in [-0.2, 0) is 9.59 Å². The molecule has 0 radical (unpaired) electrons. The predicted octanol–water partition coefficient (Wildman–Crippen LogP) is 4.64. The fourth-order valence-electron chi connectivity index (χ4n) is 3.12. The van der Waals surface area contributed by atoms with Crippen molar-refractivity contribution in [3.63, 3.8) is 0 Å². The summed E-state index contributed by atoms with van der Waals surface area (Å²) in [5.74, 6) is -0.757. The first-order chi connectivity index (χ1) is 11.9. The second kappa shape index (κ2) is 7.06. The number of carbonyl (C=O) groups is 2. The molecule has 2 unspecified atom stereocenters. The maximum absolute atomic E-state index is 13.1. The van der Waals surface area contributed by atoms with Gasteiger partial charge in [-0.2, -0.15) is 0 Å². The highest BCUT2D eigenvalue weighted by molar-refractivity contribution is 6.35. The number of likely N-dealkylation sites (N-methyl/N-ethyl adjacent to an activating group) is 1. The molecule has 2 aromatic rings. The Bertz CT molecular complexity index is 838. The summed E-state index contributed by atoms with van der Waals surface area (Å²) >= 11 is 12.2. The summed E-state index contributed by atoms with van der Waals surface area (Å²) in [6, 6.07) is 12.4. The highest BCUT2D eigenvalue weighted by atomic mass is 35.5. The van der Waals surface area contributed by atoms with Gasteiger partial charge in [-0.3, -0.25) is 9.59 Å².